The van der Waals surface area contributed by atoms with E-state index in [9.17, 15) is 9.90 Å². The van der Waals surface area contributed by atoms with Crippen molar-refractivity contribution in [3.8, 4) is 23.0 Å². The highest BCUT2D eigenvalue weighted by atomic mass is 35.5. The third-order valence-electron chi connectivity index (χ3n) is 4.40. The maximum Gasteiger partial charge on any atom is 0.335 e. The topological polar surface area (TPSA) is 74.2 Å². The van der Waals surface area contributed by atoms with E-state index >= 15 is 0 Å². The molecule has 0 aliphatic heterocycles. The quantitative estimate of drug-likeness (QED) is 0.440. The van der Waals surface area contributed by atoms with E-state index in [2.05, 4.69) is 0 Å². The first-order chi connectivity index (χ1) is 15.0. The second kappa shape index (κ2) is 10.6. The van der Waals surface area contributed by atoms with Crippen molar-refractivity contribution < 1.29 is 28.8 Å². The van der Waals surface area contributed by atoms with Crippen molar-refractivity contribution in [3.05, 3.63) is 82.4 Å². The fourth-order valence-electron chi connectivity index (χ4n) is 2.91. The second-order valence-corrected chi connectivity index (χ2v) is 6.98. The third-order valence-corrected chi connectivity index (χ3v) is 4.69. The lowest BCUT2D eigenvalue weighted by molar-refractivity contribution is 0.0696. The fraction of sp³-hybridized carbons (Fsp3) is 0.208. The molecule has 0 radical (unpaired) electrons. The SMILES string of the molecule is CCOc1cc(C(=O)O)cc(Cl)c1OCc1ccc(OCc2ccccc2)c(OC)c1. The van der Waals surface area contributed by atoms with Crippen LogP contribution in [0.1, 0.15) is 28.4 Å². The van der Waals surface area contributed by atoms with Crippen LogP contribution in [0.15, 0.2) is 60.7 Å². The maximum atomic E-state index is 11.3. The number of hydrogen-bond donors (Lipinski definition) is 1. The van der Waals surface area contributed by atoms with Crippen LogP contribution in [0.5, 0.6) is 23.0 Å². The van der Waals surface area contributed by atoms with Crippen LogP contribution in [0, 0.1) is 0 Å². The van der Waals surface area contributed by atoms with Crippen molar-refractivity contribution in [2.75, 3.05) is 13.7 Å². The molecule has 0 spiro atoms. The van der Waals surface area contributed by atoms with E-state index in [4.69, 9.17) is 30.5 Å². The van der Waals surface area contributed by atoms with E-state index in [-0.39, 0.29) is 28.7 Å². The standard InChI is InChI=1S/C24H23ClO6/c1-3-29-22-13-18(24(26)27)12-19(25)23(22)31-15-17-9-10-20(21(11-17)28-2)30-14-16-7-5-4-6-8-16/h4-13H,3,14-15H2,1-2H3,(H,26,27). The number of aromatic carboxylic acids is 1. The van der Waals surface area contributed by atoms with Gasteiger partial charge in [0.15, 0.2) is 23.0 Å². The summed E-state index contributed by atoms with van der Waals surface area (Å²) in [5, 5.41) is 9.39. The summed E-state index contributed by atoms with van der Waals surface area (Å²) in [6.07, 6.45) is 0. The summed E-state index contributed by atoms with van der Waals surface area (Å²) in [5.41, 5.74) is 1.91. The molecule has 7 heteroatoms. The number of carboxylic acid groups (broad SMARTS) is 1. The minimum atomic E-state index is -1.09. The van der Waals surface area contributed by atoms with Crippen LogP contribution in [0.3, 0.4) is 0 Å². The molecule has 162 valence electrons. The molecule has 0 fully saturated rings. The number of carboxylic acids is 1. The van der Waals surface area contributed by atoms with Crippen LogP contribution in [-0.2, 0) is 13.2 Å². The molecule has 0 amide bonds. The van der Waals surface area contributed by atoms with Gasteiger partial charge in [0.1, 0.15) is 13.2 Å². The van der Waals surface area contributed by atoms with E-state index in [0.717, 1.165) is 11.1 Å². The Morgan fingerprint density at radius 3 is 2.29 bits per heavy atom. The summed E-state index contributed by atoms with van der Waals surface area (Å²) in [6, 6.07) is 18.1. The van der Waals surface area contributed by atoms with E-state index in [1.807, 2.05) is 48.5 Å². The van der Waals surface area contributed by atoms with Crippen molar-refractivity contribution in [1.82, 2.24) is 0 Å². The molecule has 0 saturated heterocycles. The van der Waals surface area contributed by atoms with Gasteiger partial charge >= 0.3 is 5.97 Å². The number of rotatable bonds is 10. The lowest BCUT2D eigenvalue weighted by Crippen LogP contribution is -2.04. The highest BCUT2D eigenvalue weighted by Gasteiger charge is 2.16. The van der Waals surface area contributed by atoms with Crippen LogP contribution in [0.2, 0.25) is 5.02 Å². The van der Waals surface area contributed by atoms with Crippen molar-refractivity contribution in [1.29, 1.82) is 0 Å². The molecule has 3 aromatic carbocycles. The van der Waals surface area contributed by atoms with Gasteiger partial charge in [-0.1, -0.05) is 48.0 Å². The smallest absolute Gasteiger partial charge is 0.335 e. The van der Waals surface area contributed by atoms with Gasteiger partial charge in [-0.05, 0) is 42.3 Å². The minimum Gasteiger partial charge on any atom is -0.493 e. The van der Waals surface area contributed by atoms with Crippen molar-refractivity contribution in [2.24, 2.45) is 0 Å². The van der Waals surface area contributed by atoms with Gasteiger partial charge in [0.05, 0.1) is 24.3 Å². The first-order valence-electron chi connectivity index (χ1n) is 9.68. The Morgan fingerprint density at radius 2 is 1.61 bits per heavy atom. The van der Waals surface area contributed by atoms with Crippen LogP contribution >= 0.6 is 11.6 Å². The number of halogens is 1. The molecule has 0 bridgehead atoms. The third kappa shape index (κ3) is 5.83. The lowest BCUT2D eigenvalue weighted by Gasteiger charge is -2.16. The maximum absolute atomic E-state index is 11.3. The van der Waals surface area contributed by atoms with Crippen LogP contribution in [0.4, 0.5) is 0 Å². The number of carbonyl (C=O) groups is 1. The average molecular weight is 443 g/mol. The number of methoxy groups -OCH3 is 1. The van der Waals surface area contributed by atoms with Gasteiger partial charge in [-0.3, -0.25) is 0 Å². The van der Waals surface area contributed by atoms with Crippen LogP contribution in [0.25, 0.3) is 0 Å². The molecule has 6 nitrogen and oxygen atoms in total. The molecular formula is C24H23ClO6. The predicted molar refractivity (Wildman–Crippen MR) is 118 cm³/mol. The van der Waals surface area contributed by atoms with E-state index in [1.165, 1.54) is 12.1 Å². The van der Waals surface area contributed by atoms with Gasteiger partial charge < -0.3 is 24.1 Å². The molecule has 0 heterocycles. The van der Waals surface area contributed by atoms with E-state index < -0.39 is 5.97 Å². The van der Waals surface area contributed by atoms with E-state index in [0.29, 0.717) is 24.7 Å². The molecule has 0 aliphatic carbocycles. The first kappa shape index (κ1) is 22.3. The zero-order chi connectivity index (χ0) is 22.2. The van der Waals surface area contributed by atoms with Gasteiger partial charge in [0.2, 0.25) is 0 Å². The molecule has 3 aromatic rings. The Labute approximate surface area is 185 Å². The molecule has 0 unspecified atom stereocenters. The summed E-state index contributed by atoms with van der Waals surface area (Å²) >= 11 is 6.25. The van der Waals surface area contributed by atoms with Gasteiger partial charge in [-0.25, -0.2) is 4.79 Å². The summed E-state index contributed by atoms with van der Waals surface area (Å²) < 4.78 is 22.7. The molecule has 1 N–H and O–H groups in total. The fourth-order valence-corrected chi connectivity index (χ4v) is 3.17. The number of ether oxygens (including phenoxy) is 4. The van der Waals surface area contributed by atoms with Gasteiger partial charge in [-0.2, -0.15) is 0 Å². The number of benzene rings is 3. The largest absolute Gasteiger partial charge is 0.493 e. The zero-order valence-corrected chi connectivity index (χ0v) is 18.0. The van der Waals surface area contributed by atoms with Gasteiger partial charge in [0, 0.05) is 0 Å². The highest BCUT2D eigenvalue weighted by Crippen LogP contribution is 2.38. The molecule has 0 saturated carbocycles. The monoisotopic (exact) mass is 442 g/mol. The highest BCUT2D eigenvalue weighted by molar-refractivity contribution is 6.32. The van der Waals surface area contributed by atoms with Crippen molar-refractivity contribution in [2.45, 2.75) is 20.1 Å². The Bertz CT molecular complexity index is 1040. The normalized spacial score (nSPS) is 10.4. The molecule has 31 heavy (non-hydrogen) atoms. The summed E-state index contributed by atoms with van der Waals surface area (Å²) in [5.74, 6) is 0.674. The first-order valence-corrected chi connectivity index (χ1v) is 10.1. The van der Waals surface area contributed by atoms with E-state index in [1.54, 1.807) is 14.0 Å². The molecule has 0 atom stereocenters. The Hall–Kier alpha value is -3.38. The lowest BCUT2D eigenvalue weighted by atomic mass is 10.2. The molecular weight excluding hydrogens is 420 g/mol. The molecule has 0 aliphatic rings. The van der Waals surface area contributed by atoms with Crippen LogP contribution < -0.4 is 18.9 Å². The summed E-state index contributed by atoms with van der Waals surface area (Å²) in [7, 11) is 1.57. The Morgan fingerprint density at radius 1 is 0.871 bits per heavy atom. The molecule has 3 rings (SSSR count). The van der Waals surface area contributed by atoms with Crippen LogP contribution in [-0.4, -0.2) is 24.8 Å². The van der Waals surface area contributed by atoms with Gasteiger partial charge in [0.25, 0.3) is 0 Å². The minimum absolute atomic E-state index is 0.0300. The average Bonchev–Trinajstić information content (AvgIpc) is 2.78. The van der Waals surface area contributed by atoms with Gasteiger partial charge in [-0.15, -0.1) is 0 Å². The second-order valence-electron chi connectivity index (χ2n) is 6.57. The summed E-state index contributed by atoms with van der Waals surface area (Å²) in [6.45, 7) is 2.75. The Balaban J connectivity index is 1.74. The molecule has 0 aromatic heterocycles. The van der Waals surface area contributed by atoms with Crippen molar-refractivity contribution >= 4 is 17.6 Å². The summed E-state index contributed by atoms with van der Waals surface area (Å²) in [4.78, 5) is 11.3. The number of hydrogen-bond acceptors (Lipinski definition) is 5. The predicted octanol–water partition coefficient (Wildman–Crippen LogP) is 5.60. The van der Waals surface area contributed by atoms with Crippen molar-refractivity contribution in [3.63, 3.8) is 0 Å². The Kier molecular flexibility index (Phi) is 7.62. The zero-order valence-electron chi connectivity index (χ0n) is 17.3.